The summed E-state index contributed by atoms with van der Waals surface area (Å²) in [4.78, 5) is 11.9. The number of benzene rings is 1. The number of carbonyl (C=O) groups is 1. The quantitative estimate of drug-likeness (QED) is 0.558. The van der Waals surface area contributed by atoms with E-state index in [1.165, 1.54) is 18.2 Å². The van der Waals surface area contributed by atoms with Crippen molar-refractivity contribution in [3.05, 3.63) is 29.7 Å². The van der Waals surface area contributed by atoms with E-state index in [4.69, 9.17) is 9.47 Å². The van der Waals surface area contributed by atoms with Gasteiger partial charge in [0.15, 0.2) is 17.3 Å². The van der Waals surface area contributed by atoms with E-state index in [1.54, 1.807) is 6.92 Å². The van der Waals surface area contributed by atoms with Gasteiger partial charge in [0.25, 0.3) is 0 Å². The maximum absolute atomic E-state index is 13.9. The van der Waals surface area contributed by atoms with Gasteiger partial charge in [0.2, 0.25) is 0 Å². The van der Waals surface area contributed by atoms with Crippen LogP contribution >= 0.6 is 0 Å². The Morgan fingerprint density at radius 3 is 2.79 bits per heavy atom. The summed E-state index contributed by atoms with van der Waals surface area (Å²) in [7, 11) is 0. The van der Waals surface area contributed by atoms with Gasteiger partial charge in [-0.25, -0.2) is 9.18 Å². The van der Waals surface area contributed by atoms with Crippen LogP contribution < -0.4 is 4.74 Å². The first-order chi connectivity index (χ1) is 11.7. The second-order valence-electron chi connectivity index (χ2n) is 5.30. The van der Waals surface area contributed by atoms with Crippen LogP contribution in [0.3, 0.4) is 0 Å². The summed E-state index contributed by atoms with van der Waals surface area (Å²) in [6, 6.07) is 4.34. The largest absolute Gasteiger partial charge is 0.490 e. The number of nitrogens with one attached hydrogen (secondary N) is 1. The number of halogens is 1. The molecule has 0 spiro atoms. The number of H-pyrrole nitrogens is 1. The highest BCUT2D eigenvalue weighted by atomic mass is 19.1. The Labute approximate surface area is 140 Å². The molecule has 0 aliphatic carbocycles. The van der Waals surface area contributed by atoms with Gasteiger partial charge in [-0.3, -0.25) is 0 Å². The molecule has 24 heavy (non-hydrogen) atoms. The highest BCUT2D eigenvalue weighted by molar-refractivity contribution is 5.93. The van der Waals surface area contributed by atoms with Crippen LogP contribution in [0.15, 0.2) is 18.2 Å². The predicted molar refractivity (Wildman–Crippen MR) is 87.4 cm³/mol. The van der Waals surface area contributed by atoms with E-state index in [0.717, 1.165) is 25.7 Å². The van der Waals surface area contributed by atoms with Crippen molar-refractivity contribution < 1.29 is 18.7 Å². The molecule has 0 aliphatic rings. The zero-order valence-corrected chi connectivity index (χ0v) is 14.0. The van der Waals surface area contributed by atoms with Crippen LogP contribution in [0.25, 0.3) is 11.3 Å². The molecule has 6 nitrogen and oxygen atoms in total. The van der Waals surface area contributed by atoms with Gasteiger partial charge in [0.1, 0.15) is 5.69 Å². The lowest BCUT2D eigenvalue weighted by molar-refractivity contribution is 0.0520. The Morgan fingerprint density at radius 2 is 2.04 bits per heavy atom. The fraction of sp³-hybridized carbons (Fsp3) is 0.471. The van der Waals surface area contributed by atoms with Crippen LogP contribution in [0.4, 0.5) is 4.39 Å². The molecule has 130 valence electrons. The van der Waals surface area contributed by atoms with Crippen LogP contribution in [-0.4, -0.2) is 34.6 Å². The molecular weight excluding hydrogens is 313 g/mol. The third-order valence-electron chi connectivity index (χ3n) is 3.48. The second-order valence-corrected chi connectivity index (χ2v) is 5.30. The van der Waals surface area contributed by atoms with Gasteiger partial charge in [-0.05, 0) is 31.5 Å². The molecule has 2 aromatic rings. The molecule has 0 saturated carbocycles. The highest BCUT2D eigenvalue weighted by Gasteiger charge is 2.20. The Balaban J connectivity index is 2.13. The van der Waals surface area contributed by atoms with E-state index in [2.05, 4.69) is 22.3 Å². The number of unbranched alkanes of at least 4 members (excludes halogenated alkanes) is 3. The fourth-order valence-electron chi connectivity index (χ4n) is 2.25. The summed E-state index contributed by atoms with van der Waals surface area (Å²) in [6.45, 7) is 4.52. The number of hydrogen-bond donors (Lipinski definition) is 1. The van der Waals surface area contributed by atoms with Crippen molar-refractivity contribution in [1.29, 1.82) is 0 Å². The van der Waals surface area contributed by atoms with Crippen molar-refractivity contribution in [2.75, 3.05) is 13.2 Å². The summed E-state index contributed by atoms with van der Waals surface area (Å²) in [5.74, 6) is -0.884. The number of esters is 1. The maximum Gasteiger partial charge on any atom is 0.361 e. The number of aromatic amines is 1. The summed E-state index contributed by atoms with van der Waals surface area (Å²) in [5, 5.41) is 10.2. The highest BCUT2D eigenvalue weighted by Crippen LogP contribution is 2.27. The van der Waals surface area contributed by atoms with E-state index in [-0.39, 0.29) is 18.1 Å². The lowest BCUT2D eigenvalue weighted by Gasteiger charge is -2.09. The van der Waals surface area contributed by atoms with E-state index in [0.29, 0.717) is 17.9 Å². The molecule has 0 fully saturated rings. The Bertz CT molecular complexity index is 673. The van der Waals surface area contributed by atoms with Gasteiger partial charge >= 0.3 is 5.97 Å². The topological polar surface area (TPSA) is 77.1 Å². The Morgan fingerprint density at radius 1 is 1.21 bits per heavy atom. The second kappa shape index (κ2) is 9.00. The molecular formula is C17H22FN3O3. The third-order valence-corrected chi connectivity index (χ3v) is 3.48. The molecule has 2 rings (SSSR count). The number of rotatable bonds is 9. The summed E-state index contributed by atoms with van der Waals surface area (Å²) in [5.41, 5.74) is 0.915. The molecule has 0 saturated heterocycles. The summed E-state index contributed by atoms with van der Waals surface area (Å²) < 4.78 is 24.4. The number of carbonyl (C=O) groups excluding carboxylic acids is 1. The first-order valence-corrected chi connectivity index (χ1v) is 8.18. The molecule has 0 unspecified atom stereocenters. The Hall–Kier alpha value is -2.44. The predicted octanol–water partition coefficient (Wildman–Crippen LogP) is 3.75. The summed E-state index contributed by atoms with van der Waals surface area (Å²) >= 11 is 0. The van der Waals surface area contributed by atoms with Crippen LogP contribution in [0, 0.1) is 5.82 Å². The normalized spacial score (nSPS) is 10.6. The smallest absolute Gasteiger partial charge is 0.361 e. The van der Waals surface area contributed by atoms with Crippen molar-refractivity contribution in [3.8, 4) is 17.0 Å². The molecule has 0 aliphatic heterocycles. The van der Waals surface area contributed by atoms with Crippen molar-refractivity contribution in [1.82, 2.24) is 15.4 Å². The SMILES string of the molecule is CCCCCCOc1cc(-c2n[nH]nc2C(=O)OCC)ccc1F. The van der Waals surface area contributed by atoms with Crippen LogP contribution in [0.1, 0.15) is 50.0 Å². The van der Waals surface area contributed by atoms with Gasteiger partial charge in [-0.15, -0.1) is 5.10 Å². The van der Waals surface area contributed by atoms with Gasteiger partial charge in [0, 0.05) is 5.56 Å². The fourth-order valence-corrected chi connectivity index (χ4v) is 2.25. The van der Waals surface area contributed by atoms with E-state index < -0.39 is 11.8 Å². The molecule has 1 heterocycles. The number of ether oxygens (including phenoxy) is 2. The van der Waals surface area contributed by atoms with Crippen LogP contribution in [0.2, 0.25) is 0 Å². The van der Waals surface area contributed by atoms with Gasteiger partial charge in [-0.1, -0.05) is 26.2 Å². The number of aromatic nitrogens is 3. The maximum atomic E-state index is 13.9. The van der Waals surface area contributed by atoms with Crippen molar-refractivity contribution in [3.63, 3.8) is 0 Å². The Kier molecular flexibility index (Phi) is 6.72. The van der Waals surface area contributed by atoms with Crippen molar-refractivity contribution in [2.45, 2.75) is 39.5 Å². The van der Waals surface area contributed by atoms with Crippen molar-refractivity contribution >= 4 is 5.97 Å². The standard InChI is InChI=1S/C17H22FN3O3/c1-3-5-6-7-10-24-14-11-12(8-9-13(14)18)15-16(20-21-19-15)17(22)23-4-2/h8-9,11H,3-7,10H2,1-2H3,(H,19,20,21). The van der Waals surface area contributed by atoms with Gasteiger partial charge < -0.3 is 9.47 Å². The zero-order chi connectivity index (χ0) is 17.4. The molecule has 7 heteroatoms. The zero-order valence-electron chi connectivity index (χ0n) is 14.0. The molecule has 0 radical (unpaired) electrons. The van der Waals surface area contributed by atoms with Crippen LogP contribution in [-0.2, 0) is 4.74 Å². The van der Waals surface area contributed by atoms with Gasteiger partial charge in [0.05, 0.1) is 13.2 Å². The lowest BCUT2D eigenvalue weighted by Crippen LogP contribution is -2.07. The number of hydrogen-bond acceptors (Lipinski definition) is 5. The molecule has 0 bridgehead atoms. The minimum absolute atomic E-state index is 0.0670. The minimum Gasteiger partial charge on any atom is -0.490 e. The number of nitrogens with zero attached hydrogens (tertiary/aromatic N) is 2. The average molecular weight is 335 g/mol. The summed E-state index contributed by atoms with van der Waals surface area (Å²) in [6.07, 6.45) is 4.18. The molecule has 1 aromatic heterocycles. The van der Waals surface area contributed by atoms with E-state index in [1.807, 2.05) is 0 Å². The van der Waals surface area contributed by atoms with Gasteiger partial charge in [-0.2, -0.15) is 10.3 Å². The first kappa shape index (κ1) is 17.9. The third kappa shape index (κ3) is 4.53. The average Bonchev–Trinajstić information content (AvgIpc) is 3.06. The molecule has 1 aromatic carbocycles. The molecule has 0 atom stereocenters. The van der Waals surface area contributed by atoms with E-state index >= 15 is 0 Å². The molecule has 1 N–H and O–H groups in total. The minimum atomic E-state index is -0.576. The monoisotopic (exact) mass is 335 g/mol. The first-order valence-electron chi connectivity index (χ1n) is 8.18. The van der Waals surface area contributed by atoms with E-state index in [9.17, 15) is 9.18 Å². The van der Waals surface area contributed by atoms with Crippen LogP contribution in [0.5, 0.6) is 5.75 Å². The van der Waals surface area contributed by atoms with Crippen molar-refractivity contribution in [2.24, 2.45) is 0 Å². The lowest BCUT2D eigenvalue weighted by atomic mass is 10.1. The molecule has 0 amide bonds.